The Balaban J connectivity index is 1.62. The molecule has 104 valence electrons. The van der Waals surface area contributed by atoms with Crippen molar-refractivity contribution in [1.29, 1.82) is 0 Å². The summed E-state index contributed by atoms with van der Waals surface area (Å²) in [6, 6.07) is 2.15. The molecule has 2 aromatic heterocycles. The van der Waals surface area contributed by atoms with Crippen LogP contribution < -0.4 is 10.1 Å². The van der Waals surface area contributed by atoms with Gasteiger partial charge in [-0.05, 0) is 30.4 Å². The molecule has 1 N–H and O–H groups in total. The predicted molar refractivity (Wildman–Crippen MR) is 78.8 cm³/mol. The van der Waals surface area contributed by atoms with Crippen LogP contribution in [-0.4, -0.2) is 22.9 Å². The Labute approximate surface area is 118 Å². The smallest absolute Gasteiger partial charge is 0.157 e. The Bertz CT molecular complexity index is 492. The number of thiophene rings is 1. The molecular weight excluding hydrogens is 258 g/mol. The van der Waals surface area contributed by atoms with Crippen molar-refractivity contribution < 1.29 is 4.74 Å². The van der Waals surface area contributed by atoms with Gasteiger partial charge in [0.05, 0.1) is 12.4 Å². The minimum atomic E-state index is 0.669. The second-order valence-corrected chi connectivity index (χ2v) is 5.49. The molecule has 0 aliphatic rings. The molecule has 0 spiro atoms. The van der Waals surface area contributed by atoms with Gasteiger partial charge in [-0.25, -0.2) is 0 Å². The maximum Gasteiger partial charge on any atom is 0.157 e. The monoisotopic (exact) mass is 279 g/mol. The average molecular weight is 279 g/mol. The topological polar surface area (TPSA) is 39.1 Å². The van der Waals surface area contributed by atoms with E-state index in [2.05, 4.69) is 35.7 Å². The molecule has 0 amide bonds. The number of nitrogens with zero attached hydrogens (tertiary/aromatic N) is 2. The SMILES string of the molecule is CCCn1cc(OCCNCc2sccc2C)cn1. The Kier molecular flexibility index (Phi) is 5.42. The van der Waals surface area contributed by atoms with Gasteiger partial charge in [-0.2, -0.15) is 5.10 Å². The van der Waals surface area contributed by atoms with E-state index in [9.17, 15) is 0 Å². The number of rotatable bonds is 8. The van der Waals surface area contributed by atoms with Crippen LogP contribution >= 0.6 is 11.3 Å². The summed E-state index contributed by atoms with van der Waals surface area (Å²) in [6.45, 7) is 7.66. The van der Waals surface area contributed by atoms with Gasteiger partial charge in [0, 0.05) is 24.5 Å². The Hall–Kier alpha value is -1.33. The highest BCUT2D eigenvalue weighted by molar-refractivity contribution is 7.10. The average Bonchev–Trinajstić information content (AvgIpc) is 3.00. The third-order valence-corrected chi connectivity index (χ3v) is 3.89. The van der Waals surface area contributed by atoms with Crippen LogP contribution in [0.15, 0.2) is 23.8 Å². The second kappa shape index (κ2) is 7.31. The summed E-state index contributed by atoms with van der Waals surface area (Å²) in [5.74, 6) is 0.850. The Morgan fingerprint density at radius 2 is 2.37 bits per heavy atom. The van der Waals surface area contributed by atoms with E-state index in [-0.39, 0.29) is 0 Å². The predicted octanol–water partition coefficient (Wildman–Crippen LogP) is 2.83. The van der Waals surface area contributed by atoms with Gasteiger partial charge in [0.25, 0.3) is 0 Å². The van der Waals surface area contributed by atoms with E-state index in [1.165, 1.54) is 10.4 Å². The fraction of sp³-hybridized carbons (Fsp3) is 0.500. The molecule has 0 saturated carbocycles. The van der Waals surface area contributed by atoms with Gasteiger partial charge in [0.15, 0.2) is 5.75 Å². The molecule has 0 radical (unpaired) electrons. The quantitative estimate of drug-likeness (QED) is 0.755. The van der Waals surface area contributed by atoms with Gasteiger partial charge in [-0.15, -0.1) is 11.3 Å². The van der Waals surface area contributed by atoms with Gasteiger partial charge in [0.2, 0.25) is 0 Å². The summed E-state index contributed by atoms with van der Waals surface area (Å²) < 4.78 is 7.55. The van der Waals surface area contributed by atoms with Crippen molar-refractivity contribution >= 4 is 11.3 Å². The minimum absolute atomic E-state index is 0.669. The standard InChI is InChI=1S/C14H21N3OS/c1-3-6-17-11-13(9-16-17)18-7-5-15-10-14-12(2)4-8-19-14/h4,8-9,11,15H,3,5-7,10H2,1-2H3. The Morgan fingerprint density at radius 3 is 3.11 bits per heavy atom. The van der Waals surface area contributed by atoms with Crippen molar-refractivity contribution in [2.75, 3.05) is 13.2 Å². The number of aromatic nitrogens is 2. The zero-order chi connectivity index (χ0) is 13.5. The first-order valence-electron chi connectivity index (χ1n) is 6.68. The lowest BCUT2D eigenvalue weighted by atomic mass is 10.3. The molecule has 5 heteroatoms. The van der Waals surface area contributed by atoms with Crippen molar-refractivity contribution in [2.45, 2.75) is 33.4 Å². The van der Waals surface area contributed by atoms with Crippen LogP contribution in [0.2, 0.25) is 0 Å². The number of nitrogens with one attached hydrogen (secondary N) is 1. The molecule has 0 aliphatic heterocycles. The van der Waals surface area contributed by atoms with E-state index < -0.39 is 0 Å². The van der Waals surface area contributed by atoms with E-state index >= 15 is 0 Å². The fourth-order valence-corrected chi connectivity index (χ4v) is 2.67. The largest absolute Gasteiger partial charge is 0.489 e. The lowest BCUT2D eigenvalue weighted by Crippen LogP contribution is -2.20. The van der Waals surface area contributed by atoms with E-state index in [1.54, 1.807) is 17.5 Å². The lowest BCUT2D eigenvalue weighted by Gasteiger charge is -2.05. The molecule has 0 aromatic carbocycles. The van der Waals surface area contributed by atoms with Crippen LogP contribution in [0.5, 0.6) is 5.75 Å². The van der Waals surface area contributed by atoms with Crippen LogP contribution in [-0.2, 0) is 13.1 Å². The van der Waals surface area contributed by atoms with Crippen LogP contribution in [0.3, 0.4) is 0 Å². The first-order chi connectivity index (χ1) is 9.29. The lowest BCUT2D eigenvalue weighted by molar-refractivity contribution is 0.313. The molecule has 2 heterocycles. The van der Waals surface area contributed by atoms with E-state index in [1.807, 2.05) is 10.9 Å². The molecule has 4 nitrogen and oxygen atoms in total. The normalized spacial score (nSPS) is 10.8. The van der Waals surface area contributed by atoms with Gasteiger partial charge in [-0.3, -0.25) is 4.68 Å². The van der Waals surface area contributed by atoms with Crippen LogP contribution in [0.4, 0.5) is 0 Å². The summed E-state index contributed by atoms with van der Waals surface area (Å²) >= 11 is 1.80. The van der Waals surface area contributed by atoms with Gasteiger partial charge < -0.3 is 10.1 Å². The molecule has 2 rings (SSSR count). The second-order valence-electron chi connectivity index (χ2n) is 4.49. The molecule has 0 unspecified atom stereocenters. The fourth-order valence-electron chi connectivity index (χ4n) is 1.80. The van der Waals surface area contributed by atoms with Crippen LogP contribution in [0, 0.1) is 6.92 Å². The molecule has 19 heavy (non-hydrogen) atoms. The summed E-state index contributed by atoms with van der Waals surface area (Å²) in [5, 5.41) is 9.75. The molecule has 0 saturated heterocycles. The summed E-state index contributed by atoms with van der Waals surface area (Å²) in [5.41, 5.74) is 1.36. The molecule has 0 fully saturated rings. The zero-order valence-electron chi connectivity index (χ0n) is 11.6. The molecule has 0 aliphatic carbocycles. The maximum absolute atomic E-state index is 5.64. The maximum atomic E-state index is 5.64. The van der Waals surface area contributed by atoms with Crippen molar-refractivity contribution in [3.05, 3.63) is 34.3 Å². The first kappa shape index (κ1) is 14.1. The first-order valence-corrected chi connectivity index (χ1v) is 7.56. The van der Waals surface area contributed by atoms with E-state index in [4.69, 9.17) is 4.74 Å². The van der Waals surface area contributed by atoms with Crippen molar-refractivity contribution in [2.24, 2.45) is 0 Å². The van der Waals surface area contributed by atoms with Crippen molar-refractivity contribution in [3.63, 3.8) is 0 Å². The summed E-state index contributed by atoms with van der Waals surface area (Å²) in [4.78, 5) is 1.40. The molecule has 0 bridgehead atoms. The number of hydrogen-bond acceptors (Lipinski definition) is 4. The minimum Gasteiger partial charge on any atom is -0.489 e. The van der Waals surface area contributed by atoms with Crippen LogP contribution in [0.25, 0.3) is 0 Å². The van der Waals surface area contributed by atoms with E-state index in [0.717, 1.165) is 31.8 Å². The third-order valence-electron chi connectivity index (χ3n) is 2.86. The highest BCUT2D eigenvalue weighted by atomic mass is 32.1. The third kappa shape index (κ3) is 4.36. The van der Waals surface area contributed by atoms with E-state index in [0.29, 0.717) is 6.61 Å². The van der Waals surface area contributed by atoms with Gasteiger partial charge in [0.1, 0.15) is 6.61 Å². The molecule has 0 atom stereocenters. The van der Waals surface area contributed by atoms with Crippen molar-refractivity contribution in [1.82, 2.24) is 15.1 Å². The number of aryl methyl sites for hydroxylation is 2. The highest BCUT2D eigenvalue weighted by Gasteiger charge is 2.00. The highest BCUT2D eigenvalue weighted by Crippen LogP contribution is 2.14. The van der Waals surface area contributed by atoms with Gasteiger partial charge in [-0.1, -0.05) is 6.92 Å². The zero-order valence-corrected chi connectivity index (χ0v) is 12.4. The summed E-state index contributed by atoms with van der Waals surface area (Å²) in [7, 11) is 0. The van der Waals surface area contributed by atoms with Gasteiger partial charge >= 0.3 is 0 Å². The number of hydrogen-bond donors (Lipinski definition) is 1. The molecular formula is C14H21N3OS. The summed E-state index contributed by atoms with van der Waals surface area (Å²) in [6.07, 6.45) is 4.81. The van der Waals surface area contributed by atoms with Crippen LogP contribution in [0.1, 0.15) is 23.8 Å². The van der Waals surface area contributed by atoms with Crippen molar-refractivity contribution in [3.8, 4) is 5.75 Å². The Morgan fingerprint density at radius 1 is 1.47 bits per heavy atom. The molecule has 2 aromatic rings. The number of ether oxygens (including phenoxy) is 1.